The molecule has 0 nitrogen and oxygen atoms in total. The summed E-state index contributed by atoms with van der Waals surface area (Å²) in [4.78, 5) is 0. The molecule has 5 heavy (non-hydrogen) atoms. The average Bonchev–Trinajstić information content (AvgIpc) is 0.811. The van der Waals surface area contributed by atoms with E-state index in [1.165, 1.54) is 0 Å². The van der Waals surface area contributed by atoms with Gasteiger partial charge in [0.1, 0.15) is 0 Å². The summed E-state index contributed by atoms with van der Waals surface area (Å²) in [5, 5.41) is 0. The van der Waals surface area contributed by atoms with Gasteiger partial charge in [-0.25, -0.2) is 0 Å². The molecular weight excluding hydrogens is 104 g/mol. The summed E-state index contributed by atoms with van der Waals surface area (Å²) in [5.41, 5.74) is 0. The fraction of sp³-hybridized carbons (Fsp3) is 0. The van der Waals surface area contributed by atoms with Crippen molar-refractivity contribution in [3.63, 3.8) is 0 Å². The van der Waals surface area contributed by atoms with Gasteiger partial charge in [0.05, 0.1) is 13.2 Å². The second-order valence-corrected chi connectivity index (χ2v) is 0.214. The van der Waals surface area contributed by atoms with Crippen molar-refractivity contribution in [2.75, 3.05) is 0 Å². The smallest absolute Gasteiger partial charge is 0.724 e. The Morgan fingerprint density at radius 3 is 1.00 bits per heavy atom. The standard InChI is InChI=1S/CF3.ClH/c2-1(3)4;/h;1H/q+1;/p-1. The minimum absolute atomic E-state index is 0. The average molecular weight is 104 g/mol. The van der Waals surface area contributed by atoms with Crippen molar-refractivity contribution in [1.82, 2.24) is 0 Å². The molecule has 0 N–H and O–H groups in total. The van der Waals surface area contributed by atoms with Crippen LogP contribution >= 0.6 is 0 Å². The van der Waals surface area contributed by atoms with Gasteiger partial charge in [0.2, 0.25) is 0 Å². The molecular formula is CClF3. The van der Waals surface area contributed by atoms with Gasteiger partial charge in [0.25, 0.3) is 0 Å². The van der Waals surface area contributed by atoms with Crippen molar-refractivity contribution in [2.45, 2.75) is 0 Å². The molecule has 0 spiro atoms. The Labute approximate surface area is 33.4 Å². The van der Waals surface area contributed by atoms with Crippen LogP contribution in [0.4, 0.5) is 13.2 Å². The number of rotatable bonds is 0. The highest BCUT2D eigenvalue weighted by molar-refractivity contribution is 4.21. The molecule has 0 aliphatic rings. The summed E-state index contributed by atoms with van der Waals surface area (Å²) in [6.45, 7) is -3.08. The molecule has 32 valence electrons. The van der Waals surface area contributed by atoms with Crippen LogP contribution in [0.3, 0.4) is 0 Å². The van der Waals surface area contributed by atoms with Crippen LogP contribution in [-0.4, -0.2) is 0 Å². The largest absolute Gasteiger partial charge is 1.00 e. The van der Waals surface area contributed by atoms with E-state index in [2.05, 4.69) is 0 Å². The molecule has 0 aliphatic heterocycles. The minimum Gasteiger partial charge on any atom is -1.00 e. The van der Waals surface area contributed by atoms with Crippen LogP contribution in [0.5, 0.6) is 0 Å². The second-order valence-electron chi connectivity index (χ2n) is 0.214. The zero-order valence-electron chi connectivity index (χ0n) is 2.01. The van der Waals surface area contributed by atoms with Crippen LogP contribution in [0.25, 0.3) is 0 Å². The summed E-state index contributed by atoms with van der Waals surface area (Å²) < 4.78 is 28.8. The van der Waals surface area contributed by atoms with E-state index >= 15 is 0 Å². The van der Waals surface area contributed by atoms with Gasteiger partial charge in [-0.1, -0.05) is 0 Å². The fourth-order valence-corrected chi connectivity index (χ4v) is 0. The van der Waals surface area contributed by atoms with Crippen molar-refractivity contribution in [3.8, 4) is 0 Å². The van der Waals surface area contributed by atoms with Crippen molar-refractivity contribution in [3.05, 3.63) is 6.68 Å². The molecule has 0 aliphatic carbocycles. The maximum atomic E-state index is 9.58. The molecule has 0 aromatic heterocycles. The van der Waals surface area contributed by atoms with E-state index in [0.717, 1.165) is 0 Å². The van der Waals surface area contributed by atoms with E-state index in [0.29, 0.717) is 0 Å². The van der Waals surface area contributed by atoms with Crippen LogP contribution < -0.4 is 12.4 Å². The van der Waals surface area contributed by atoms with Gasteiger partial charge < -0.3 is 12.4 Å². The third-order valence-electron chi connectivity index (χ3n) is 0. The number of halogens is 4. The van der Waals surface area contributed by atoms with Crippen LogP contribution in [0.2, 0.25) is 0 Å². The van der Waals surface area contributed by atoms with Crippen LogP contribution in [0.15, 0.2) is 0 Å². The predicted octanol–water partition coefficient (Wildman–Crippen LogP) is -1.65. The molecule has 0 aromatic carbocycles. The topological polar surface area (TPSA) is 0 Å². The van der Waals surface area contributed by atoms with Gasteiger partial charge >= 0.3 is 6.68 Å². The highest BCUT2D eigenvalue weighted by Crippen LogP contribution is 1.99. The lowest BCUT2D eigenvalue weighted by Crippen LogP contribution is -3.00. The molecule has 0 fully saturated rings. The van der Waals surface area contributed by atoms with Gasteiger partial charge in [-0.05, 0) is 0 Å². The van der Waals surface area contributed by atoms with E-state index in [1.54, 1.807) is 0 Å². The highest BCUT2D eigenvalue weighted by atomic mass is 35.5. The lowest BCUT2D eigenvalue weighted by Gasteiger charge is -1.35. The Bertz CT molecular complexity index is 11.6. The fourth-order valence-electron chi connectivity index (χ4n) is 0. The van der Waals surface area contributed by atoms with Crippen molar-refractivity contribution >= 4 is 0 Å². The lowest BCUT2D eigenvalue weighted by molar-refractivity contribution is -0.00000807. The Morgan fingerprint density at radius 1 is 1.00 bits per heavy atom. The van der Waals surface area contributed by atoms with Gasteiger partial charge in [-0.15, -0.1) is 0 Å². The molecule has 4 heteroatoms. The maximum absolute atomic E-state index is 9.58. The molecule has 0 amide bonds. The molecule has 0 unspecified atom stereocenters. The third-order valence-corrected chi connectivity index (χ3v) is 0. The maximum Gasteiger partial charge on any atom is 0.724 e. The molecule has 0 bridgehead atoms. The summed E-state index contributed by atoms with van der Waals surface area (Å²) in [6, 6.07) is 0. The molecule has 0 aromatic rings. The van der Waals surface area contributed by atoms with Gasteiger partial charge in [-0.3, -0.25) is 0 Å². The van der Waals surface area contributed by atoms with E-state index < -0.39 is 6.68 Å². The first-order chi connectivity index (χ1) is 1.73. The summed E-state index contributed by atoms with van der Waals surface area (Å²) >= 11 is 0. The van der Waals surface area contributed by atoms with Crippen LogP contribution in [-0.2, 0) is 0 Å². The van der Waals surface area contributed by atoms with E-state index in [9.17, 15) is 13.2 Å². The van der Waals surface area contributed by atoms with E-state index in [4.69, 9.17) is 0 Å². The van der Waals surface area contributed by atoms with E-state index in [1.807, 2.05) is 0 Å². The van der Waals surface area contributed by atoms with Crippen LogP contribution in [0.1, 0.15) is 0 Å². The first kappa shape index (κ1) is 8.87. The quantitative estimate of drug-likeness (QED) is 0.323. The summed E-state index contributed by atoms with van der Waals surface area (Å²) in [7, 11) is 0. The molecule has 0 rings (SSSR count). The van der Waals surface area contributed by atoms with Gasteiger partial charge in [0.15, 0.2) is 0 Å². The normalized spacial score (nSPS) is 5.40. The zero-order valence-corrected chi connectivity index (χ0v) is 2.77. The summed E-state index contributed by atoms with van der Waals surface area (Å²) in [5.74, 6) is 0. The van der Waals surface area contributed by atoms with Crippen LogP contribution in [0, 0.1) is 6.68 Å². The molecule has 0 heterocycles. The molecule has 0 saturated heterocycles. The van der Waals surface area contributed by atoms with E-state index in [-0.39, 0.29) is 12.4 Å². The Morgan fingerprint density at radius 2 is 1.00 bits per heavy atom. The third kappa shape index (κ3) is 6010. The van der Waals surface area contributed by atoms with Gasteiger partial charge in [-0.2, -0.15) is 0 Å². The van der Waals surface area contributed by atoms with Crippen molar-refractivity contribution in [1.29, 1.82) is 0 Å². The Balaban J connectivity index is 0. The number of hydrogen-bond acceptors (Lipinski definition) is 0. The summed E-state index contributed by atoms with van der Waals surface area (Å²) in [6.07, 6.45) is 0. The Hall–Kier alpha value is -0.0500. The molecule has 0 atom stereocenters. The SMILES string of the molecule is F[C+](F)F.[Cl-]. The first-order valence-electron chi connectivity index (χ1n) is 0.567. The van der Waals surface area contributed by atoms with Crippen molar-refractivity contribution in [2.24, 2.45) is 0 Å². The molecule has 0 saturated carbocycles. The number of hydrogen-bond donors (Lipinski definition) is 0. The predicted molar refractivity (Wildman–Crippen MR) is 6.57 cm³/mol. The zero-order chi connectivity index (χ0) is 3.58. The van der Waals surface area contributed by atoms with Crippen molar-refractivity contribution < 1.29 is 25.6 Å². The molecule has 0 radical (unpaired) electrons. The first-order valence-corrected chi connectivity index (χ1v) is 0.567. The monoisotopic (exact) mass is 104 g/mol. The second kappa shape index (κ2) is 3.95. The minimum atomic E-state index is -3.08. The highest BCUT2D eigenvalue weighted by Gasteiger charge is 2.17. The Kier molecular flexibility index (Phi) is 7.01. The lowest BCUT2D eigenvalue weighted by atomic mass is 11.6. The van der Waals surface area contributed by atoms with Gasteiger partial charge in [0, 0.05) is 0 Å².